The van der Waals surface area contributed by atoms with E-state index in [1.165, 1.54) is 16.1 Å². The highest BCUT2D eigenvalue weighted by molar-refractivity contribution is 14.1. The fraction of sp³-hybridized carbons (Fsp3) is 0.450. The summed E-state index contributed by atoms with van der Waals surface area (Å²) in [6.45, 7) is 6.46. The quantitative estimate of drug-likeness (QED) is 0.396. The molecule has 3 nitrogen and oxygen atoms in total. The minimum absolute atomic E-state index is 0.113. The fourth-order valence-electron chi connectivity index (χ4n) is 2.43. The maximum Gasteiger partial charge on any atom is 0.202 e. The average Bonchev–Trinajstić information content (AvgIpc) is 2.52. The second-order valence-electron chi connectivity index (χ2n) is 6.64. The number of benzene rings is 1. The smallest absolute Gasteiger partial charge is 0.202 e. The Kier molecular flexibility index (Phi) is 6.62. The topological polar surface area (TPSA) is 35.5 Å². The molecule has 1 aromatic rings. The second-order valence-corrected chi connectivity index (χ2v) is 7.80. The third-order valence-electron chi connectivity index (χ3n) is 3.93. The number of carbonyl (C=O) groups is 1. The summed E-state index contributed by atoms with van der Waals surface area (Å²) in [6.07, 6.45) is 5.65. The van der Waals surface area contributed by atoms with Gasteiger partial charge in [-0.3, -0.25) is 4.79 Å². The van der Waals surface area contributed by atoms with Gasteiger partial charge in [0, 0.05) is 22.3 Å². The molecule has 1 fully saturated rings. The van der Waals surface area contributed by atoms with Crippen LogP contribution in [0.25, 0.3) is 6.08 Å². The number of allylic oxidation sites excluding steroid dienone is 1. The molecule has 0 spiro atoms. The van der Waals surface area contributed by atoms with Crippen molar-refractivity contribution in [1.29, 1.82) is 0 Å². The van der Waals surface area contributed by atoms with Crippen molar-refractivity contribution in [3.63, 3.8) is 0 Å². The Balaban J connectivity index is 2.10. The maximum atomic E-state index is 11.1. The summed E-state index contributed by atoms with van der Waals surface area (Å²) in [5.41, 5.74) is 0.982. The predicted octanol–water partition coefficient (Wildman–Crippen LogP) is 4.45. The molecule has 4 heteroatoms. The van der Waals surface area contributed by atoms with E-state index in [-0.39, 0.29) is 11.2 Å². The molecule has 128 valence electrons. The van der Waals surface area contributed by atoms with Crippen molar-refractivity contribution in [1.82, 2.24) is 0 Å². The van der Waals surface area contributed by atoms with E-state index in [0.717, 1.165) is 6.42 Å². The summed E-state index contributed by atoms with van der Waals surface area (Å²) in [4.78, 5) is 11.1. The molecule has 0 unspecified atom stereocenters. The van der Waals surface area contributed by atoms with Crippen LogP contribution >= 0.6 is 22.6 Å². The van der Waals surface area contributed by atoms with Gasteiger partial charge in [-0.15, -0.1) is 0 Å². The summed E-state index contributed by atoms with van der Waals surface area (Å²) < 4.78 is 12.9. The molecule has 2 rings (SSSR count). The van der Waals surface area contributed by atoms with Crippen LogP contribution < -0.4 is 0 Å². The summed E-state index contributed by atoms with van der Waals surface area (Å²) in [5.74, 6) is 4.95. The molecule has 1 aliphatic rings. The maximum absolute atomic E-state index is 11.1. The monoisotopic (exact) mass is 438 g/mol. The first kappa shape index (κ1) is 19.2. The van der Waals surface area contributed by atoms with Crippen LogP contribution in [0.3, 0.4) is 0 Å². The number of hydrogen-bond acceptors (Lipinski definition) is 3. The number of Topliss-reactive ketones (excluding diaryl/α,β-unsaturated/α-hetero) is 1. The molecule has 1 heterocycles. The minimum atomic E-state index is -0.559. The van der Waals surface area contributed by atoms with Gasteiger partial charge >= 0.3 is 0 Å². The SMILES string of the molecule is CC(=O)C#CCC1(C/C=C/c2ccccc2I)COC(C)(C)OC1. The summed E-state index contributed by atoms with van der Waals surface area (Å²) >= 11 is 2.33. The highest BCUT2D eigenvalue weighted by Crippen LogP contribution is 2.36. The van der Waals surface area contributed by atoms with Crippen LogP contribution in [-0.2, 0) is 14.3 Å². The third kappa shape index (κ3) is 5.73. The Morgan fingerprint density at radius 1 is 1.29 bits per heavy atom. The molecule has 0 amide bonds. The first-order chi connectivity index (χ1) is 11.3. The van der Waals surface area contributed by atoms with Crippen molar-refractivity contribution >= 4 is 34.5 Å². The van der Waals surface area contributed by atoms with Gasteiger partial charge in [0.05, 0.1) is 13.2 Å². The van der Waals surface area contributed by atoms with E-state index in [1.807, 2.05) is 26.0 Å². The second kappa shape index (κ2) is 8.28. The summed E-state index contributed by atoms with van der Waals surface area (Å²) in [5, 5.41) is 0. The Labute approximate surface area is 157 Å². The molecular weight excluding hydrogens is 415 g/mol. The summed E-state index contributed by atoms with van der Waals surface area (Å²) in [6, 6.07) is 8.25. The highest BCUT2D eigenvalue weighted by Gasteiger charge is 2.38. The predicted molar refractivity (Wildman–Crippen MR) is 104 cm³/mol. The van der Waals surface area contributed by atoms with E-state index in [4.69, 9.17) is 9.47 Å². The highest BCUT2D eigenvalue weighted by atomic mass is 127. The minimum Gasteiger partial charge on any atom is -0.350 e. The number of ether oxygens (including phenoxy) is 2. The lowest BCUT2D eigenvalue weighted by Gasteiger charge is -2.42. The zero-order chi connectivity index (χ0) is 17.6. The molecular formula is C20H23IO3. The van der Waals surface area contributed by atoms with Gasteiger partial charge in [-0.1, -0.05) is 36.3 Å². The van der Waals surface area contributed by atoms with E-state index in [2.05, 4.69) is 58.7 Å². The van der Waals surface area contributed by atoms with Crippen LogP contribution in [-0.4, -0.2) is 24.8 Å². The van der Waals surface area contributed by atoms with Crippen LogP contribution in [0.4, 0.5) is 0 Å². The lowest BCUT2D eigenvalue weighted by Crippen LogP contribution is -2.46. The van der Waals surface area contributed by atoms with Gasteiger partial charge in [-0.2, -0.15) is 0 Å². The van der Waals surface area contributed by atoms with Gasteiger partial charge in [0.2, 0.25) is 5.78 Å². The first-order valence-electron chi connectivity index (χ1n) is 8.00. The van der Waals surface area contributed by atoms with E-state index in [1.54, 1.807) is 0 Å². The zero-order valence-electron chi connectivity index (χ0n) is 14.4. The summed E-state index contributed by atoms with van der Waals surface area (Å²) in [7, 11) is 0. The normalized spacial score (nSPS) is 18.8. The third-order valence-corrected chi connectivity index (χ3v) is 4.92. The van der Waals surface area contributed by atoms with Crippen molar-refractivity contribution in [3.8, 4) is 11.8 Å². The molecule has 0 atom stereocenters. The largest absolute Gasteiger partial charge is 0.350 e. The van der Waals surface area contributed by atoms with Gasteiger partial charge in [-0.25, -0.2) is 0 Å². The lowest BCUT2D eigenvalue weighted by molar-refractivity contribution is -0.284. The average molecular weight is 438 g/mol. The molecule has 1 aliphatic heterocycles. The standard InChI is InChI=1S/C20H23IO3/c1-16(22)8-6-12-20(14-23-19(2,3)24-15-20)13-7-10-17-9-4-5-11-18(17)21/h4-5,7,9-11H,12-15H2,1-3H3/b10-7+. The van der Waals surface area contributed by atoms with Crippen molar-refractivity contribution in [2.75, 3.05) is 13.2 Å². The van der Waals surface area contributed by atoms with Gasteiger partial charge < -0.3 is 9.47 Å². The van der Waals surface area contributed by atoms with E-state index in [0.29, 0.717) is 19.6 Å². The van der Waals surface area contributed by atoms with Crippen LogP contribution in [0.1, 0.15) is 39.2 Å². The Morgan fingerprint density at radius 2 is 1.96 bits per heavy atom. The number of halogens is 1. The number of ketones is 1. The van der Waals surface area contributed by atoms with Crippen molar-refractivity contribution < 1.29 is 14.3 Å². The van der Waals surface area contributed by atoms with Crippen molar-refractivity contribution in [2.24, 2.45) is 5.41 Å². The Morgan fingerprint density at radius 3 is 2.58 bits per heavy atom. The molecule has 0 aromatic heterocycles. The van der Waals surface area contributed by atoms with E-state index >= 15 is 0 Å². The first-order valence-corrected chi connectivity index (χ1v) is 9.08. The van der Waals surface area contributed by atoms with Crippen molar-refractivity contribution in [3.05, 3.63) is 39.5 Å². The Hall–Kier alpha value is -1.16. The van der Waals surface area contributed by atoms with Gasteiger partial charge in [0.1, 0.15) is 0 Å². The van der Waals surface area contributed by atoms with Crippen LogP contribution in [0, 0.1) is 20.8 Å². The molecule has 0 bridgehead atoms. The molecule has 1 saturated heterocycles. The van der Waals surface area contributed by atoms with Crippen LogP contribution in [0.5, 0.6) is 0 Å². The molecule has 24 heavy (non-hydrogen) atoms. The number of rotatable bonds is 4. The lowest BCUT2D eigenvalue weighted by atomic mass is 9.81. The fourth-order valence-corrected chi connectivity index (χ4v) is 3.00. The Bertz CT molecular complexity index is 670. The van der Waals surface area contributed by atoms with Gasteiger partial charge in [0.25, 0.3) is 0 Å². The van der Waals surface area contributed by atoms with E-state index < -0.39 is 5.79 Å². The molecule has 1 aromatic carbocycles. The number of carbonyl (C=O) groups excluding carboxylic acids is 1. The van der Waals surface area contributed by atoms with E-state index in [9.17, 15) is 4.79 Å². The zero-order valence-corrected chi connectivity index (χ0v) is 16.6. The molecule has 0 saturated carbocycles. The van der Waals surface area contributed by atoms with Gasteiger partial charge in [0.15, 0.2) is 5.79 Å². The molecule has 0 N–H and O–H groups in total. The molecule has 0 radical (unpaired) electrons. The van der Waals surface area contributed by atoms with Crippen LogP contribution in [0.15, 0.2) is 30.3 Å². The van der Waals surface area contributed by atoms with Crippen molar-refractivity contribution in [2.45, 2.75) is 39.4 Å². The van der Waals surface area contributed by atoms with Gasteiger partial charge in [-0.05, 0) is 60.4 Å². The number of hydrogen-bond donors (Lipinski definition) is 0. The molecule has 0 aliphatic carbocycles. The van der Waals surface area contributed by atoms with Crippen LogP contribution in [0.2, 0.25) is 0 Å².